The molecule has 4 heterocycles. The van der Waals surface area contributed by atoms with Crippen LogP contribution in [0.4, 0.5) is 0 Å². The number of imidazole rings is 1. The summed E-state index contributed by atoms with van der Waals surface area (Å²) >= 11 is 1.86. The third kappa shape index (κ3) is 5.76. The zero-order valence-corrected chi connectivity index (χ0v) is 38.1. The van der Waals surface area contributed by atoms with Crippen molar-refractivity contribution in [3.05, 3.63) is 237 Å². The van der Waals surface area contributed by atoms with Crippen LogP contribution in [0.2, 0.25) is 0 Å². The van der Waals surface area contributed by atoms with Gasteiger partial charge in [-0.2, -0.15) is 0 Å². The fourth-order valence-corrected chi connectivity index (χ4v) is 12.5. The van der Waals surface area contributed by atoms with Crippen molar-refractivity contribution < 1.29 is 0 Å². The SMILES string of the molecule is c1ccc(-n2c3ccccc3c3ccc(-c4ccc(-c5ccc(-c6ccc(-c7cc8c9ccc%10ccccc%10c9sc8c8nc9c%10ccccc%10ccc9n78)cc6)c6ccccc56)cc4)cc32)cc1. The molecular formula is C65H39N3S. The Labute approximate surface area is 401 Å². The highest BCUT2D eigenvalue weighted by Crippen LogP contribution is 2.45. The van der Waals surface area contributed by atoms with E-state index in [4.69, 9.17) is 4.98 Å². The Morgan fingerprint density at radius 3 is 1.61 bits per heavy atom. The second kappa shape index (κ2) is 14.8. The number of rotatable bonds is 5. The van der Waals surface area contributed by atoms with Crippen LogP contribution in [-0.2, 0) is 0 Å². The zero-order chi connectivity index (χ0) is 45.2. The molecule has 320 valence electrons. The first-order valence-corrected chi connectivity index (χ1v) is 24.4. The van der Waals surface area contributed by atoms with E-state index >= 15 is 0 Å². The molecule has 0 aliphatic rings. The summed E-state index contributed by atoms with van der Waals surface area (Å²) in [7, 11) is 0. The lowest BCUT2D eigenvalue weighted by molar-refractivity contribution is 1.18. The van der Waals surface area contributed by atoms with Crippen molar-refractivity contribution in [2.75, 3.05) is 0 Å². The predicted molar refractivity (Wildman–Crippen MR) is 294 cm³/mol. The van der Waals surface area contributed by atoms with E-state index in [0.717, 1.165) is 27.9 Å². The molecule has 0 atom stereocenters. The van der Waals surface area contributed by atoms with E-state index in [-0.39, 0.29) is 0 Å². The molecule has 0 radical (unpaired) electrons. The lowest BCUT2D eigenvalue weighted by atomic mass is 9.91. The molecule has 0 aliphatic carbocycles. The van der Waals surface area contributed by atoms with Crippen molar-refractivity contribution in [1.29, 1.82) is 0 Å². The number of pyridine rings is 1. The predicted octanol–water partition coefficient (Wildman–Crippen LogP) is 18.1. The van der Waals surface area contributed by atoms with E-state index in [9.17, 15) is 0 Å². The van der Waals surface area contributed by atoms with Crippen LogP contribution < -0.4 is 0 Å². The van der Waals surface area contributed by atoms with Crippen LogP contribution in [-0.4, -0.2) is 14.0 Å². The molecule has 11 aromatic carbocycles. The third-order valence-corrected chi connectivity index (χ3v) is 15.8. The van der Waals surface area contributed by atoms with Crippen LogP contribution in [0.25, 0.3) is 141 Å². The minimum absolute atomic E-state index is 1.01. The smallest absolute Gasteiger partial charge is 0.156 e. The Morgan fingerprint density at radius 1 is 0.319 bits per heavy atom. The van der Waals surface area contributed by atoms with E-state index in [2.05, 4.69) is 246 Å². The molecule has 0 saturated heterocycles. The molecular weight excluding hydrogens is 855 g/mol. The van der Waals surface area contributed by atoms with Gasteiger partial charge in [0.1, 0.15) is 0 Å². The Balaban J connectivity index is 0.822. The number of para-hydroxylation sites is 2. The standard InChI is InChI=1S/C65H39N3S/c1-2-14-47(15-3-1)67-58-21-11-10-20-54(58)55-33-31-46(38-61(55)67)40-22-24-43(25-23-40)48-35-36-49(53-19-9-8-18-52(48)53)44-26-28-45(29-27-44)60-39-57-56-34-30-42-13-5-7-17-51(42)63(56)69-64(57)65-66-62-50-16-6-4-12-41(50)32-37-59(62)68(60)65/h1-39H. The summed E-state index contributed by atoms with van der Waals surface area (Å²) in [5.74, 6) is 0. The highest BCUT2D eigenvalue weighted by molar-refractivity contribution is 7.27. The molecule has 0 saturated carbocycles. The molecule has 0 N–H and O–H groups in total. The van der Waals surface area contributed by atoms with Gasteiger partial charge >= 0.3 is 0 Å². The van der Waals surface area contributed by atoms with E-state index in [1.54, 1.807) is 0 Å². The van der Waals surface area contributed by atoms with Crippen LogP contribution in [0.1, 0.15) is 0 Å². The molecule has 0 aliphatic heterocycles. The fraction of sp³-hybridized carbons (Fsp3) is 0. The summed E-state index contributed by atoms with van der Waals surface area (Å²) in [6.07, 6.45) is 0. The minimum Gasteiger partial charge on any atom is -0.309 e. The number of hydrogen-bond acceptors (Lipinski definition) is 2. The van der Waals surface area contributed by atoms with Crippen molar-refractivity contribution in [3.63, 3.8) is 0 Å². The topological polar surface area (TPSA) is 22.2 Å². The highest BCUT2D eigenvalue weighted by Gasteiger charge is 2.21. The minimum atomic E-state index is 1.01. The maximum absolute atomic E-state index is 5.49. The Morgan fingerprint density at radius 2 is 0.870 bits per heavy atom. The molecule has 15 aromatic rings. The lowest BCUT2D eigenvalue weighted by Crippen LogP contribution is -1.93. The fourth-order valence-electron chi connectivity index (χ4n) is 11.2. The van der Waals surface area contributed by atoms with E-state index in [0.29, 0.717) is 0 Å². The van der Waals surface area contributed by atoms with Gasteiger partial charge in [0.2, 0.25) is 0 Å². The summed E-state index contributed by atoms with van der Waals surface area (Å²) in [4.78, 5) is 5.49. The quantitative estimate of drug-likeness (QED) is 0.169. The summed E-state index contributed by atoms with van der Waals surface area (Å²) in [5, 5.41) is 12.4. The summed E-state index contributed by atoms with van der Waals surface area (Å²) in [6, 6.07) is 86.8. The molecule has 69 heavy (non-hydrogen) atoms. The van der Waals surface area contributed by atoms with Crippen LogP contribution in [0, 0.1) is 0 Å². The van der Waals surface area contributed by atoms with Gasteiger partial charge < -0.3 is 4.57 Å². The van der Waals surface area contributed by atoms with Crippen molar-refractivity contribution in [1.82, 2.24) is 14.0 Å². The average Bonchev–Trinajstić information content (AvgIpc) is 4.11. The summed E-state index contributed by atoms with van der Waals surface area (Å²) < 4.78 is 7.31. The van der Waals surface area contributed by atoms with Gasteiger partial charge in [-0.3, -0.25) is 4.40 Å². The van der Waals surface area contributed by atoms with Gasteiger partial charge in [0.15, 0.2) is 5.65 Å². The number of hydrogen-bond donors (Lipinski definition) is 0. The largest absolute Gasteiger partial charge is 0.309 e. The second-order valence-corrected chi connectivity index (χ2v) is 19.3. The van der Waals surface area contributed by atoms with Crippen molar-refractivity contribution >= 4 is 102 Å². The van der Waals surface area contributed by atoms with Crippen molar-refractivity contribution in [3.8, 4) is 50.3 Å². The van der Waals surface area contributed by atoms with Crippen LogP contribution >= 0.6 is 11.3 Å². The number of nitrogens with zero attached hydrogens (tertiary/aromatic N) is 3. The number of fused-ring (bicyclic) bond motifs is 15. The first kappa shape index (κ1) is 38.3. The van der Waals surface area contributed by atoms with Crippen LogP contribution in [0.3, 0.4) is 0 Å². The number of benzene rings is 11. The van der Waals surface area contributed by atoms with Crippen molar-refractivity contribution in [2.24, 2.45) is 0 Å². The van der Waals surface area contributed by atoms with Gasteiger partial charge in [0.05, 0.1) is 32.5 Å². The first-order chi connectivity index (χ1) is 34.2. The van der Waals surface area contributed by atoms with E-state index in [1.807, 2.05) is 11.3 Å². The molecule has 0 spiro atoms. The second-order valence-electron chi connectivity index (χ2n) is 18.2. The first-order valence-electron chi connectivity index (χ1n) is 23.6. The number of thiophene rings is 1. The maximum atomic E-state index is 5.49. The monoisotopic (exact) mass is 893 g/mol. The van der Waals surface area contributed by atoms with Crippen molar-refractivity contribution in [2.45, 2.75) is 0 Å². The molecule has 3 nitrogen and oxygen atoms in total. The Kier molecular flexibility index (Phi) is 8.23. The van der Waals surface area contributed by atoms with E-state index < -0.39 is 0 Å². The Bertz CT molecular complexity index is 4570. The third-order valence-electron chi connectivity index (χ3n) is 14.5. The van der Waals surface area contributed by atoms with Gasteiger partial charge in [0.25, 0.3) is 0 Å². The molecule has 15 rings (SSSR count). The zero-order valence-electron chi connectivity index (χ0n) is 37.3. The Hall–Kier alpha value is -8.83. The molecule has 0 fully saturated rings. The molecule has 4 aromatic heterocycles. The average molecular weight is 894 g/mol. The molecule has 0 unspecified atom stereocenters. The van der Waals surface area contributed by atoms with Gasteiger partial charge in [-0.05, 0) is 102 Å². The molecule has 0 bridgehead atoms. The number of aromatic nitrogens is 3. The molecule has 0 amide bonds. The van der Waals surface area contributed by atoms with Gasteiger partial charge in [-0.15, -0.1) is 11.3 Å². The van der Waals surface area contributed by atoms with E-state index in [1.165, 1.54) is 113 Å². The maximum Gasteiger partial charge on any atom is 0.156 e. The lowest BCUT2D eigenvalue weighted by Gasteiger charge is -2.14. The summed E-state index contributed by atoms with van der Waals surface area (Å²) in [5.41, 5.74) is 16.3. The molecule has 4 heteroatoms. The van der Waals surface area contributed by atoms with Crippen LogP contribution in [0.5, 0.6) is 0 Å². The highest BCUT2D eigenvalue weighted by atomic mass is 32.1. The normalized spacial score (nSPS) is 12.1. The van der Waals surface area contributed by atoms with Gasteiger partial charge in [-0.25, -0.2) is 4.98 Å². The van der Waals surface area contributed by atoms with Gasteiger partial charge in [0, 0.05) is 37.3 Å². The van der Waals surface area contributed by atoms with Crippen LogP contribution in [0.15, 0.2) is 237 Å². The van der Waals surface area contributed by atoms with Gasteiger partial charge in [-0.1, -0.05) is 200 Å². The summed E-state index contributed by atoms with van der Waals surface area (Å²) in [6.45, 7) is 0.